The third kappa shape index (κ3) is 7.15. The highest BCUT2D eigenvalue weighted by Gasteiger charge is 2.44. The summed E-state index contributed by atoms with van der Waals surface area (Å²) < 4.78 is 0. The molecule has 0 unspecified atom stereocenters. The first kappa shape index (κ1) is 26.6. The lowest BCUT2D eigenvalue weighted by molar-refractivity contribution is -0.00000640. The van der Waals surface area contributed by atoms with Gasteiger partial charge in [0.25, 0.3) is 0 Å². The number of benzene rings is 3. The van der Waals surface area contributed by atoms with Crippen molar-refractivity contribution < 1.29 is 24.0 Å². The minimum absolute atomic E-state index is 0. The van der Waals surface area contributed by atoms with E-state index in [1.807, 2.05) is 0 Å². The van der Waals surface area contributed by atoms with Crippen LogP contribution in [0.2, 0.25) is 0 Å². The van der Waals surface area contributed by atoms with Gasteiger partial charge in [-0.1, -0.05) is 77.9 Å². The number of allylic oxidation sites excluding steroid dienone is 4. The molecule has 0 radical (unpaired) electrons. The maximum absolute atomic E-state index is 2.47. The monoisotopic (exact) mass is 554 g/mol. The van der Waals surface area contributed by atoms with Crippen molar-refractivity contribution in [2.24, 2.45) is 0 Å². The average Bonchev–Trinajstić information content (AvgIpc) is 2.81. The van der Waals surface area contributed by atoms with Gasteiger partial charge in [0.1, 0.15) is 23.2 Å². The van der Waals surface area contributed by atoms with Crippen molar-refractivity contribution in [2.75, 3.05) is 6.16 Å². The molecule has 0 N–H and O–H groups in total. The Hall–Kier alpha value is -1.70. The molecule has 3 aromatic rings. The Morgan fingerprint density at radius 1 is 0.625 bits per heavy atom. The van der Waals surface area contributed by atoms with Gasteiger partial charge >= 0.3 is 0 Å². The molecule has 3 rings (SSSR count). The van der Waals surface area contributed by atoms with Gasteiger partial charge in [0.05, 0.1) is 6.16 Å². The van der Waals surface area contributed by atoms with Gasteiger partial charge in [-0.25, -0.2) is 0 Å². The molecular weight excluding hydrogens is 518 g/mol. The molecule has 2 heteroatoms. The quantitative estimate of drug-likeness (QED) is 0.150. The minimum atomic E-state index is -1.69. The topological polar surface area (TPSA) is 0 Å². The van der Waals surface area contributed by atoms with Crippen LogP contribution >= 0.6 is 7.26 Å². The summed E-state index contributed by atoms with van der Waals surface area (Å²) in [6.45, 7) is 6.64. The van der Waals surface area contributed by atoms with Crippen LogP contribution in [0.3, 0.4) is 0 Å². The number of rotatable bonds is 10. The van der Waals surface area contributed by atoms with Gasteiger partial charge < -0.3 is 24.0 Å². The largest absolute Gasteiger partial charge is 1.00 e. The van der Waals surface area contributed by atoms with Gasteiger partial charge in [-0.15, -0.1) is 0 Å². The summed E-state index contributed by atoms with van der Waals surface area (Å²) >= 11 is 0. The zero-order chi connectivity index (χ0) is 21.9. The van der Waals surface area contributed by atoms with Crippen LogP contribution in [0.25, 0.3) is 0 Å². The third-order valence-electron chi connectivity index (χ3n) is 5.87. The van der Waals surface area contributed by atoms with Crippen molar-refractivity contribution in [2.45, 2.75) is 46.5 Å². The molecule has 0 atom stereocenters. The SMILES string of the molecule is CC(C)=CCCC(C)=CCCC[P+](c1ccccc1)(c1ccccc1)c1ccccc1.[I-]. The van der Waals surface area contributed by atoms with Crippen molar-refractivity contribution in [3.05, 3.63) is 114 Å². The van der Waals surface area contributed by atoms with Crippen molar-refractivity contribution in [3.63, 3.8) is 0 Å². The summed E-state index contributed by atoms with van der Waals surface area (Å²) in [6.07, 6.45) is 10.7. The molecule has 3 aromatic carbocycles. The van der Waals surface area contributed by atoms with E-state index < -0.39 is 7.26 Å². The van der Waals surface area contributed by atoms with Crippen molar-refractivity contribution in [1.82, 2.24) is 0 Å². The maximum Gasteiger partial charge on any atom is 0.112 e. The first-order valence-corrected chi connectivity index (χ1v) is 13.4. The van der Waals surface area contributed by atoms with E-state index in [9.17, 15) is 0 Å². The molecule has 0 heterocycles. The summed E-state index contributed by atoms with van der Waals surface area (Å²) in [5, 5.41) is 4.45. The zero-order valence-corrected chi connectivity index (χ0v) is 22.7. The molecule has 0 aromatic heterocycles. The van der Waals surface area contributed by atoms with E-state index in [4.69, 9.17) is 0 Å². The first-order valence-electron chi connectivity index (χ1n) is 11.5. The Balaban J connectivity index is 0.00000363. The van der Waals surface area contributed by atoms with E-state index in [0.29, 0.717) is 0 Å². The fourth-order valence-electron chi connectivity index (χ4n) is 4.25. The molecular formula is C30H36IP. The lowest BCUT2D eigenvalue weighted by atomic mass is 10.1. The Labute approximate surface area is 213 Å². The van der Waals surface area contributed by atoms with Gasteiger partial charge in [0.2, 0.25) is 0 Å². The number of halogens is 1. The molecule has 0 aliphatic heterocycles. The van der Waals surface area contributed by atoms with Crippen LogP contribution in [0.4, 0.5) is 0 Å². The van der Waals surface area contributed by atoms with E-state index in [0.717, 1.165) is 12.8 Å². The van der Waals surface area contributed by atoms with E-state index in [1.54, 1.807) is 0 Å². The van der Waals surface area contributed by atoms with Gasteiger partial charge in [-0.05, 0) is 82.9 Å². The number of hydrogen-bond acceptors (Lipinski definition) is 0. The van der Waals surface area contributed by atoms with Crippen molar-refractivity contribution in [3.8, 4) is 0 Å². The molecule has 0 amide bonds. The molecule has 0 saturated heterocycles. The third-order valence-corrected chi connectivity index (χ3v) is 10.4. The highest BCUT2D eigenvalue weighted by atomic mass is 127. The Bertz CT molecular complexity index is 874. The van der Waals surface area contributed by atoms with Crippen LogP contribution in [0.5, 0.6) is 0 Å². The molecule has 0 aliphatic carbocycles. The molecule has 168 valence electrons. The van der Waals surface area contributed by atoms with Crippen molar-refractivity contribution >= 4 is 23.2 Å². The summed E-state index contributed by atoms with van der Waals surface area (Å²) in [5.74, 6) is 0. The molecule has 0 bridgehead atoms. The molecule has 32 heavy (non-hydrogen) atoms. The Morgan fingerprint density at radius 3 is 1.47 bits per heavy atom. The number of hydrogen-bond donors (Lipinski definition) is 0. The number of unbranched alkanes of at least 4 members (excludes halogenated alkanes) is 1. The molecule has 0 aliphatic rings. The van der Waals surface area contributed by atoms with Crippen LogP contribution in [-0.2, 0) is 0 Å². The highest BCUT2D eigenvalue weighted by molar-refractivity contribution is 7.95. The predicted molar refractivity (Wildman–Crippen MR) is 142 cm³/mol. The first-order chi connectivity index (χ1) is 15.1. The average molecular weight is 554 g/mol. The normalized spacial score (nSPS) is 11.5. The molecule has 0 nitrogen and oxygen atoms in total. The Morgan fingerprint density at radius 2 is 1.06 bits per heavy atom. The summed E-state index contributed by atoms with van der Waals surface area (Å²) in [6, 6.07) is 33.6. The van der Waals surface area contributed by atoms with Gasteiger partial charge in [0.15, 0.2) is 0 Å². The van der Waals surface area contributed by atoms with Gasteiger partial charge in [0, 0.05) is 0 Å². The summed E-state index contributed by atoms with van der Waals surface area (Å²) in [5.41, 5.74) is 2.93. The fraction of sp³-hybridized carbons (Fsp3) is 0.267. The smallest absolute Gasteiger partial charge is 0.112 e. The second kappa shape index (κ2) is 13.8. The lowest BCUT2D eigenvalue weighted by Crippen LogP contribution is -3.00. The predicted octanol–water partition coefficient (Wildman–Crippen LogP) is 4.46. The van der Waals surface area contributed by atoms with Crippen LogP contribution in [0, 0.1) is 0 Å². The van der Waals surface area contributed by atoms with Crippen molar-refractivity contribution in [1.29, 1.82) is 0 Å². The highest BCUT2D eigenvalue weighted by Crippen LogP contribution is 2.55. The Kier molecular flexibility index (Phi) is 11.4. The minimum Gasteiger partial charge on any atom is -1.00 e. The van der Waals surface area contributed by atoms with E-state index in [-0.39, 0.29) is 24.0 Å². The van der Waals surface area contributed by atoms with E-state index in [1.165, 1.54) is 46.1 Å². The molecule has 0 spiro atoms. The van der Waals surface area contributed by atoms with E-state index in [2.05, 4.69) is 124 Å². The van der Waals surface area contributed by atoms with Gasteiger partial charge in [-0.2, -0.15) is 0 Å². The van der Waals surface area contributed by atoms with Gasteiger partial charge in [-0.3, -0.25) is 0 Å². The second-order valence-corrected chi connectivity index (χ2v) is 12.2. The summed E-state index contributed by atoms with van der Waals surface area (Å²) in [7, 11) is -1.69. The molecule has 0 saturated carbocycles. The van der Waals surface area contributed by atoms with Crippen LogP contribution in [0.15, 0.2) is 114 Å². The van der Waals surface area contributed by atoms with E-state index >= 15 is 0 Å². The van der Waals surface area contributed by atoms with Crippen LogP contribution in [0.1, 0.15) is 46.5 Å². The maximum atomic E-state index is 2.47. The second-order valence-electron chi connectivity index (χ2n) is 8.55. The lowest BCUT2D eigenvalue weighted by Gasteiger charge is -2.27. The zero-order valence-electron chi connectivity index (χ0n) is 19.7. The van der Waals surface area contributed by atoms with Crippen LogP contribution < -0.4 is 39.9 Å². The molecule has 0 fully saturated rings. The fourth-order valence-corrected chi connectivity index (χ4v) is 8.62. The standard InChI is InChI=1S/C30H36P.HI/c1-26(2)16-15-18-27(3)17-13-14-25-31(28-19-7-4-8-20-28,29-21-9-5-10-22-29)30-23-11-6-12-24-30;/h4-12,16-17,19-24H,13-15,18,25H2,1-3H3;1H/q+1;/p-1. The summed E-state index contributed by atoms with van der Waals surface area (Å²) in [4.78, 5) is 0. The van der Waals surface area contributed by atoms with Crippen LogP contribution in [-0.4, -0.2) is 6.16 Å².